The zero-order valence-electron chi connectivity index (χ0n) is 14.2. The minimum atomic E-state index is -0.291. The lowest BCUT2D eigenvalue weighted by atomic mass is 9.99. The first-order valence-corrected chi connectivity index (χ1v) is 8.13. The third-order valence-corrected chi connectivity index (χ3v) is 4.09. The first-order chi connectivity index (χ1) is 11.5. The highest BCUT2D eigenvalue weighted by molar-refractivity contribution is 6.03. The van der Waals surface area contributed by atoms with Crippen LogP contribution >= 0.6 is 0 Å². The van der Waals surface area contributed by atoms with Crippen LogP contribution < -0.4 is 5.73 Å². The second kappa shape index (κ2) is 6.57. The number of nitrogens with one attached hydrogen (secondary N) is 1. The number of esters is 1. The summed E-state index contributed by atoms with van der Waals surface area (Å²) in [5.74, 6) is 0.727. The average molecular weight is 326 g/mol. The maximum absolute atomic E-state index is 10.9. The summed E-state index contributed by atoms with van der Waals surface area (Å²) in [6.45, 7) is 5.84. The van der Waals surface area contributed by atoms with E-state index in [1.807, 2.05) is 24.3 Å². The van der Waals surface area contributed by atoms with Crippen LogP contribution in [0.25, 0.3) is 21.9 Å². The number of fused-ring (bicyclic) bond motifs is 3. The molecular formula is C18H22N4O2. The van der Waals surface area contributed by atoms with Crippen molar-refractivity contribution in [1.82, 2.24) is 15.0 Å². The summed E-state index contributed by atoms with van der Waals surface area (Å²) < 4.78 is 5.01. The van der Waals surface area contributed by atoms with Gasteiger partial charge in [-0.15, -0.1) is 0 Å². The molecule has 0 amide bonds. The number of carbonyl (C=O) groups excluding carboxylic acids is 1. The second-order valence-electron chi connectivity index (χ2n) is 6.28. The van der Waals surface area contributed by atoms with E-state index in [0.717, 1.165) is 33.5 Å². The molecule has 0 radical (unpaired) electrons. The molecule has 0 spiro atoms. The van der Waals surface area contributed by atoms with Crippen molar-refractivity contribution in [3.63, 3.8) is 0 Å². The molecular weight excluding hydrogens is 304 g/mol. The van der Waals surface area contributed by atoms with Crippen LogP contribution in [-0.2, 0) is 16.0 Å². The van der Waals surface area contributed by atoms with Crippen LogP contribution in [0.15, 0.2) is 24.3 Å². The molecule has 126 valence electrons. The highest BCUT2D eigenvalue weighted by Crippen LogP contribution is 2.29. The Morgan fingerprint density at radius 1 is 1.29 bits per heavy atom. The molecule has 2 aromatic heterocycles. The third-order valence-electron chi connectivity index (χ3n) is 4.09. The third kappa shape index (κ3) is 3.10. The van der Waals surface area contributed by atoms with Gasteiger partial charge in [-0.3, -0.25) is 4.79 Å². The fourth-order valence-corrected chi connectivity index (χ4v) is 2.73. The maximum atomic E-state index is 10.9. The first-order valence-electron chi connectivity index (χ1n) is 8.13. The van der Waals surface area contributed by atoms with Crippen LogP contribution in [-0.4, -0.2) is 27.5 Å². The smallest absolute Gasteiger partial charge is 0.302 e. The number of benzene rings is 1. The minimum absolute atomic E-state index is 0.193. The molecule has 3 aromatic rings. The fourth-order valence-electron chi connectivity index (χ4n) is 2.73. The summed E-state index contributed by atoms with van der Waals surface area (Å²) in [7, 11) is 0. The van der Waals surface area contributed by atoms with Crippen molar-refractivity contribution in [2.45, 2.75) is 33.2 Å². The summed E-state index contributed by atoms with van der Waals surface area (Å²) in [6, 6.07) is 7.74. The number of aromatic nitrogens is 3. The number of imidazole rings is 1. The first kappa shape index (κ1) is 16.4. The summed E-state index contributed by atoms with van der Waals surface area (Å²) in [5, 5.41) is 1.01. The van der Waals surface area contributed by atoms with E-state index >= 15 is 0 Å². The normalized spacial score (nSPS) is 12.9. The number of para-hydroxylation sites is 1. The van der Waals surface area contributed by atoms with Crippen LogP contribution in [0.3, 0.4) is 0 Å². The largest absolute Gasteiger partial charge is 0.465 e. The predicted octanol–water partition coefficient (Wildman–Crippen LogP) is 2.87. The SMILES string of the molecule is CC(=O)OCCc1nc2c(C(N)C(C)C)nc3ccccc3c2[nH]1. The number of aromatic amines is 1. The number of hydrogen-bond donors (Lipinski definition) is 2. The zero-order valence-corrected chi connectivity index (χ0v) is 14.2. The van der Waals surface area contributed by atoms with E-state index < -0.39 is 0 Å². The molecule has 0 aliphatic carbocycles. The van der Waals surface area contributed by atoms with Gasteiger partial charge in [0.05, 0.1) is 29.4 Å². The van der Waals surface area contributed by atoms with Crippen LogP contribution in [0, 0.1) is 5.92 Å². The molecule has 24 heavy (non-hydrogen) atoms. The number of carbonyl (C=O) groups is 1. The number of hydrogen-bond acceptors (Lipinski definition) is 5. The Labute approximate surface area is 140 Å². The van der Waals surface area contributed by atoms with E-state index in [9.17, 15) is 4.79 Å². The van der Waals surface area contributed by atoms with Crippen LogP contribution in [0.4, 0.5) is 0 Å². The second-order valence-corrected chi connectivity index (χ2v) is 6.28. The number of nitrogens with zero attached hydrogens (tertiary/aromatic N) is 2. The Morgan fingerprint density at radius 3 is 2.75 bits per heavy atom. The molecule has 0 bridgehead atoms. The van der Waals surface area contributed by atoms with Gasteiger partial charge >= 0.3 is 5.97 Å². The number of nitrogens with two attached hydrogens (primary N) is 1. The molecule has 0 aliphatic rings. The molecule has 6 heteroatoms. The Balaban J connectivity index is 2.11. The van der Waals surface area contributed by atoms with Gasteiger partial charge in [0.25, 0.3) is 0 Å². The van der Waals surface area contributed by atoms with Crippen molar-refractivity contribution in [2.75, 3.05) is 6.61 Å². The van der Waals surface area contributed by atoms with E-state index in [-0.39, 0.29) is 17.9 Å². The highest BCUT2D eigenvalue weighted by Gasteiger charge is 2.20. The van der Waals surface area contributed by atoms with E-state index in [1.165, 1.54) is 6.92 Å². The van der Waals surface area contributed by atoms with Crippen LogP contribution in [0.2, 0.25) is 0 Å². The van der Waals surface area contributed by atoms with Crippen molar-refractivity contribution in [2.24, 2.45) is 11.7 Å². The van der Waals surface area contributed by atoms with Gasteiger partial charge in [-0.25, -0.2) is 9.97 Å². The molecule has 2 heterocycles. The van der Waals surface area contributed by atoms with Gasteiger partial charge in [0.2, 0.25) is 0 Å². The molecule has 1 atom stereocenters. The number of rotatable bonds is 5. The lowest BCUT2D eigenvalue weighted by molar-refractivity contribution is -0.140. The monoisotopic (exact) mass is 326 g/mol. The van der Waals surface area contributed by atoms with E-state index in [0.29, 0.717) is 13.0 Å². The Hall–Kier alpha value is -2.47. The average Bonchev–Trinajstić information content (AvgIpc) is 2.97. The quantitative estimate of drug-likeness (QED) is 0.703. The number of H-pyrrole nitrogens is 1. The van der Waals surface area contributed by atoms with E-state index in [2.05, 4.69) is 23.8 Å². The van der Waals surface area contributed by atoms with Gasteiger partial charge < -0.3 is 15.5 Å². The van der Waals surface area contributed by atoms with Gasteiger partial charge in [0, 0.05) is 18.7 Å². The van der Waals surface area contributed by atoms with E-state index in [1.54, 1.807) is 0 Å². The topological polar surface area (TPSA) is 93.9 Å². The number of pyridine rings is 1. The molecule has 1 unspecified atom stereocenters. The Bertz CT molecular complexity index is 885. The van der Waals surface area contributed by atoms with Gasteiger partial charge in [-0.05, 0) is 12.0 Å². The molecule has 1 aromatic carbocycles. The summed E-state index contributed by atoms with van der Waals surface area (Å²) >= 11 is 0. The van der Waals surface area contributed by atoms with Crippen molar-refractivity contribution >= 4 is 27.9 Å². The molecule has 0 saturated carbocycles. The van der Waals surface area contributed by atoms with Gasteiger partial charge in [-0.2, -0.15) is 0 Å². The minimum Gasteiger partial charge on any atom is -0.465 e. The Morgan fingerprint density at radius 2 is 2.04 bits per heavy atom. The molecule has 0 saturated heterocycles. The maximum Gasteiger partial charge on any atom is 0.302 e. The van der Waals surface area contributed by atoms with Crippen molar-refractivity contribution in [1.29, 1.82) is 0 Å². The molecule has 3 rings (SSSR count). The van der Waals surface area contributed by atoms with Gasteiger partial charge in [0.1, 0.15) is 11.3 Å². The lowest BCUT2D eigenvalue weighted by Crippen LogP contribution is -2.18. The summed E-state index contributed by atoms with van der Waals surface area (Å²) in [6.07, 6.45) is 0.527. The van der Waals surface area contributed by atoms with Gasteiger partial charge in [0.15, 0.2) is 0 Å². The fraction of sp³-hybridized carbons (Fsp3) is 0.389. The van der Waals surface area contributed by atoms with Gasteiger partial charge in [-0.1, -0.05) is 32.0 Å². The lowest BCUT2D eigenvalue weighted by Gasteiger charge is -2.16. The molecule has 0 fully saturated rings. The van der Waals surface area contributed by atoms with Crippen molar-refractivity contribution in [3.8, 4) is 0 Å². The summed E-state index contributed by atoms with van der Waals surface area (Å²) in [4.78, 5) is 23.7. The van der Waals surface area contributed by atoms with E-state index in [4.69, 9.17) is 15.5 Å². The van der Waals surface area contributed by atoms with Crippen LogP contribution in [0.5, 0.6) is 0 Å². The number of ether oxygens (including phenoxy) is 1. The Kier molecular flexibility index (Phi) is 4.49. The van der Waals surface area contributed by atoms with Crippen molar-refractivity contribution < 1.29 is 9.53 Å². The predicted molar refractivity (Wildman–Crippen MR) is 93.5 cm³/mol. The molecule has 3 N–H and O–H groups in total. The zero-order chi connectivity index (χ0) is 17.3. The van der Waals surface area contributed by atoms with Crippen molar-refractivity contribution in [3.05, 3.63) is 35.8 Å². The summed E-state index contributed by atoms with van der Waals surface area (Å²) in [5.41, 5.74) is 9.79. The van der Waals surface area contributed by atoms with Crippen LogP contribution in [0.1, 0.15) is 38.3 Å². The molecule has 0 aliphatic heterocycles. The molecule has 6 nitrogen and oxygen atoms in total. The standard InChI is InChI=1S/C18H22N4O2/c1-10(2)15(19)17-18-16(12-6-4-5-7-13(12)20-17)21-14(22-18)8-9-24-11(3)23/h4-7,10,15H,8-9,19H2,1-3H3,(H,21,22). The highest BCUT2D eigenvalue weighted by atomic mass is 16.5.